The molecule has 4 aromatic carbocycles. The van der Waals surface area contributed by atoms with Gasteiger partial charge < -0.3 is 9.47 Å². The number of hydrazone groups is 1. The summed E-state index contributed by atoms with van der Waals surface area (Å²) in [7, 11) is 1.55. The van der Waals surface area contributed by atoms with Crippen molar-refractivity contribution in [2.45, 2.75) is 13.5 Å². The molecule has 0 spiro atoms. The molecule has 0 aliphatic rings. The van der Waals surface area contributed by atoms with Gasteiger partial charge in [0.2, 0.25) is 0 Å². The van der Waals surface area contributed by atoms with Gasteiger partial charge in [-0.25, -0.2) is 5.43 Å². The maximum atomic E-state index is 12.7. The Balaban J connectivity index is 1.41. The summed E-state index contributed by atoms with van der Waals surface area (Å²) in [4.78, 5) is 12.7. The molecule has 1 amide bonds. The Morgan fingerprint density at radius 3 is 2.39 bits per heavy atom. The van der Waals surface area contributed by atoms with Crippen molar-refractivity contribution in [3.63, 3.8) is 0 Å². The van der Waals surface area contributed by atoms with Crippen molar-refractivity contribution in [3.05, 3.63) is 106 Å². The van der Waals surface area contributed by atoms with E-state index in [0.29, 0.717) is 17.9 Å². The molecular formula is C27H23BrN2O3. The average Bonchev–Trinajstić information content (AvgIpc) is 2.83. The lowest BCUT2D eigenvalue weighted by atomic mass is 10.1. The van der Waals surface area contributed by atoms with Crippen LogP contribution in [0.3, 0.4) is 0 Å². The fourth-order valence-corrected chi connectivity index (χ4v) is 3.86. The number of benzene rings is 4. The van der Waals surface area contributed by atoms with Gasteiger partial charge in [-0.2, -0.15) is 5.10 Å². The van der Waals surface area contributed by atoms with E-state index in [1.54, 1.807) is 19.4 Å². The van der Waals surface area contributed by atoms with Gasteiger partial charge in [-0.15, -0.1) is 0 Å². The molecule has 0 unspecified atom stereocenters. The summed E-state index contributed by atoms with van der Waals surface area (Å²) in [5.74, 6) is 0.892. The molecule has 0 aliphatic carbocycles. The third-order valence-electron chi connectivity index (χ3n) is 5.16. The zero-order valence-corrected chi connectivity index (χ0v) is 19.9. The Morgan fingerprint density at radius 2 is 1.70 bits per heavy atom. The first-order valence-corrected chi connectivity index (χ1v) is 11.2. The molecule has 0 radical (unpaired) electrons. The van der Waals surface area contributed by atoms with Gasteiger partial charge in [-0.3, -0.25) is 4.79 Å². The average molecular weight is 503 g/mol. The number of hydrogen-bond donors (Lipinski definition) is 1. The van der Waals surface area contributed by atoms with E-state index in [9.17, 15) is 4.79 Å². The van der Waals surface area contributed by atoms with E-state index in [1.807, 2.05) is 48.5 Å². The van der Waals surface area contributed by atoms with Crippen LogP contribution in [-0.4, -0.2) is 19.2 Å². The van der Waals surface area contributed by atoms with Crippen molar-refractivity contribution in [2.24, 2.45) is 5.10 Å². The molecular weight excluding hydrogens is 480 g/mol. The molecule has 0 heterocycles. The van der Waals surface area contributed by atoms with Gasteiger partial charge in [0.25, 0.3) is 5.91 Å². The number of carbonyl (C=O) groups is 1. The lowest BCUT2D eigenvalue weighted by Gasteiger charge is -2.10. The Bertz CT molecular complexity index is 1320. The van der Waals surface area contributed by atoms with Crippen LogP contribution in [0.1, 0.15) is 27.0 Å². The summed E-state index contributed by atoms with van der Waals surface area (Å²) < 4.78 is 12.1. The fourth-order valence-electron chi connectivity index (χ4n) is 3.35. The van der Waals surface area contributed by atoms with Gasteiger partial charge in [-0.1, -0.05) is 54.1 Å². The second-order valence-corrected chi connectivity index (χ2v) is 8.42. The Labute approximate surface area is 201 Å². The smallest absolute Gasteiger partial charge is 0.275 e. The number of rotatable bonds is 7. The van der Waals surface area contributed by atoms with Crippen LogP contribution in [0.15, 0.2) is 88.4 Å². The summed E-state index contributed by atoms with van der Waals surface area (Å²) in [6.07, 6.45) is 1.58. The van der Waals surface area contributed by atoms with Crippen LogP contribution in [-0.2, 0) is 6.61 Å². The van der Waals surface area contributed by atoms with Crippen molar-refractivity contribution in [2.75, 3.05) is 7.11 Å². The summed E-state index contributed by atoms with van der Waals surface area (Å²) >= 11 is 3.54. The van der Waals surface area contributed by atoms with Gasteiger partial charge in [0.1, 0.15) is 18.1 Å². The number of nitrogens with zero attached hydrogens (tertiary/aromatic N) is 1. The zero-order valence-electron chi connectivity index (χ0n) is 18.3. The van der Waals surface area contributed by atoms with Gasteiger partial charge in [0.05, 0.1) is 23.4 Å². The normalized spacial score (nSPS) is 11.0. The predicted octanol–water partition coefficient (Wildman–Crippen LogP) is 6.26. The molecule has 0 atom stereocenters. The predicted molar refractivity (Wildman–Crippen MR) is 135 cm³/mol. The second-order valence-electron chi connectivity index (χ2n) is 7.56. The van der Waals surface area contributed by atoms with Crippen molar-refractivity contribution < 1.29 is 14.3 Å². The number of fused-ring (bicyclic) bond motifs is 1. The number of halogens is 1. The molecule has 1 N–H and O–H groups in total. The van der Waals surface area contributed by atoms with E-state index < -0.39 is 0 Å². The molecule has 0 bridgehead atoms. The molecule has 0 aromatic heterocycles. The van der Waals surface area contributed by atoms with Crippen molar-refractivity contribution in [3.8, 4) is 11.5 Å². The highest BCUT2D eigenvalue weighted by atomic mass is 79.9. The third-order valence-corrected chi connectivity index (χ3v) is 5.78. The van der Waals surface area contributed by atoms with Gasteiger partial charge in [0, 0.05) is 0 Å². The summed E-state index contributed by atoms with van der Waals surface area (Å²) in [5.41, 5.74) is 6.14. The van der Waals surface area contributed by atoms with E-state index >= 15 is 0 Å². The standard InChI is InChI=1S/C27H23BrN2O3/c1-18-7-9-19(10-8-18)17-33-25-12-11-20(13-24(25)28)16-29-30-27(31)23-14-21-5-3-4-6-22(21)15-26(23)32-2/h3-16H,17H2,1-2H3,(H,30,31)/b29-16-. The maximum absolute atomic E-state index is 12.7. The highest BCUT2D eigenvalue weighted by molar-refractivity contribution is 9.10. The molecule has 33 heavy (non-hydrogen) atoms. The molecule has 5 nitrogen and oxygen atoms in total. The SMILES string of the molecule is COc1cc2ccccc2cc1C(=O)N/N=C\c1ccc(OCc2ccc(C)cc2)c(Br)c1. The Kier molecular flexibility index (Phi) is 7.05. The summed E-state index contributed by atoms with van der Waals surface area (Å²) in [5, 5.41) is 6.06. The van der Waals surface area contributed by atoms with Crippen LogP contribution in [0.4, 0.5) is 0 Å². The molecule has 166 valence electrons. The summed E-state index contributed by atoms with van der Waals surface area (Å²) in [6, 6.07) is 25.3. The number of hydrogen-bond acceptors (Lipinski definition) is 4. The van der Waals surface area contributed by atoms with Gasteiger partial charge in [0.15, 0.2) is 0 Å². The minimum absolute atomic E-state index is 0.342. The van der Waals surface area contributed by atoms with E-state index in [0.717, 1.165) is 32.1 Å². The minimum Gasteiger partial charge on any atom is -0.496 e. The first kappa shape index (κ1) is 22.6. The van der Waals surface area contributed by atoms with E-state index in [1.165, 1.54) is 5.56 Å². The van der Waals surface area contributed by atoms with E-state index in [-0.39, 0.29) is 5.91 Å². The molecule has 0 fully saturated rings. The Hall–Kier alpha value is -3.64. The lowest BCUT2D eigenvalue weighted by molar-refractivity contribution is 0.0952. The number of amides is 1. The largest absolute Gasteiger partial charge is 0.496 e. The highest BCUT2D eigenvalue weighted by Gasteiger charge is 2.13. The highest BCUT2D eigenvalue weighted by Crippen LogP contribution is 2.27. The number of aryl methyl sites for hydroxylation is 1. The number of nitrogens with one attached hydrogen (secondary N) is 1. The van der Waals surface area contributed by atoms with Crippen LogP contribution in [0.5, 0.6) is 11.5 Å². The first-order chi connectivity index (χ1) is 16.0. The molecule has 0 aliphatic heterocycles. The summed E-state index contributed by atoms with van der Waals surface area (Å²) in [6.45, 7) is 2.54. The van der Waals surface area contributed by atoms with Crippen LogP contribution < -0.4 is 14.9 Å². The number of carbonyl (C=O) groups excluding carboxylic acids is 1. The van der Waals surface area contributed by atoms with Crippen LogP contribution in [0.25, 0.3) is 10.8 Å². The third kappa shape index (κ3) is 5.59. The van der Waals surface area contributed by atoms with E-state index in [2.05, 4.69) is 57.6 Å². The van der Waals surface area contributed by atoms with Crippen LogP contribution >= 0.6 is 15.9 Å². The maximum Gasteiger partial charge on any atom is 0.275 e. The van der Waals surface area contributed by atoms with Gasteiger partial charge >= 0.3 is 0 Å². The quantitative estimate of drug-likeness (QED) is 0.239. The zero-order chi connectivity index (χ0) is 23.2. The van der Waals surface area contributed by atoms with Crippen molar-refractivity contribution in [1.82, 2.24) is 5.43 Å². The molecule has 6 heteroatoms. The van der Waals surface area contributed by atoms with Crippen LogP contribution in [0, 0.1) is 6.92 Å². The molecule has 0 saturated heterocycles. The number of methoxy groups -OCH3 is 1. The molecule has 4 aromatic rings. The molecule has 4 rings (SSSR count). The van der Waals surface area contributed by atoms with Crippen LogP contribution in [0.2, 0.25) is 0 Å². The topological polar surface area (TPSA) is 59.9 Å². The monoisotopic (exact) mass is 502 g/mol. The molecule has 0 saturated carbocycles. The van der Waals surface area contributed by atoms with Crippen molar-refractivity contribution in [1.29, 1.82) is 0 Å². The lowest BCUT2D eigenvalue weighted by Crippen LogP contribution is -2.18. The van der Waals surface area contributed by atoms with Gasteiger partial charge in [-0.05, 0) is 75.1 Å². The number of ether oxygens (including phenoxy) is 2. The fraction of sp³-hybridized carbons (Fsp3) is 0.111. The first-order valence-electron chi connectivity index (χ1n) is 10.4. The van der Waals surface area contributed by atoms with E-state index in [4.69, 9.17) is 9.47 Å². The second kappa shape index (κ2) is 10.3. The van der Waals surface area contributed by atoms with Crippen molar-refractivity contribution >= 4 is 38.8 Å². The Morgan fingerprint density at radius 1 is 0.970 bits per heavy atom. The minimum atomic E-state index is -0.342.